The summed E-state index contributed by atoms with van der Waals surface area (Å²) in [5.74, 6) is -2.94. The van der Waals surface area contributed by atoms with Gasteiger partial charge in [0.05, 0.1) is 31.8 Å². The molecule has 0 spiro atoms. The van der Waals surface area contributed by atoms with E-state index in [4.69, 9.17) is 27.8 Å². The first-order valence-electron chi connectivity index (χ1n) is 15.9. The molecule has 2 fully saturated rings. The predicted octanol–water partition coefficient (Wildman–Crippen LogP) is 5.56. The Labute approximate surface area is 276 Å². The van der Waals surface area contributed by atoms with Crippen molar-refractivity contribution in [2.75, 3.05) is 25.1 Å². The SMILES string of the molecule is CCCCCOC(=O)Nc1ccn([C@@H]2O[C@H](COP3(=O)OCC[C@@H](c4cc(F)cc(F)c4)O3)[C@@H](OC(=O)C(CC)CC)[C@@]2(C)O)c(=O)n1. The molecule has 4 rings (SSSR count). The van der Waals surface area contributed by atoms with Crippen molar-refractivity contribution in [3.05, 3.63) is 58.1 Å². The number of rotatable bonds is 14. The van der Waals surface area contributed by atoms with E-state index in [2.05, 4.69) is 10.3 Å². The zero-order chi connectivity index (χ0) is 35.1. The molecule has 1 amide bonds. The number of hydrogen-bond donors (Lipinski definition) is 2. The molecule has 2 aliphatic heterocycles. The first-order valence-corrected chi connectivity index (χ1v) is 17.4. The normalized spacial score (nSPS) is 27.2. The van der Waals surface area contributed by atoms with E-state index < -0.39 is 79.9 Å². The minimum atomic E-state index is -4.36. The monoisotopic (exact) mass is 701 g/mol. The number of amides is 1. The molecule has 1 aromatic carbocycles. The minimum absolute atomic E-state index is 0.0892. The number of nitrogens with one attached hydrogen (secondary N) is 1. The van der Waals surface area contributed by atoms with Crippen LogP contribution in [0.2, 0.25) is 0 Å². The number of aromatic nitrogens is 2. The maximum absolute atomic E-state index is 13.8. The van der Waals surface area contributed by atoms with E-state index >= 15 is 0 Å². The molecule has 17 heteroatoms. The highest BCUT2D eigenvalue weighted by Gasteiger charge is 2.57. The highest BCUT2D eigenvalue weighted by molar-refractivity contribution is 7.48. The van der Waals surface area contributed by atoms with Gasteiger partial charge in [0.25, 0.3) is 0 Å². The number of ether oxygens (including phenoxy) is 3. The summed E-state index contributed by atoms with van der Waals surface area (Å²) >= 11 is 0. The summed E-state index contributed by atoms with van der Waals surface area (Å²) in [5.41, 5.74) is -2.89. The van der Waals surface area contributed by atoms with Crippen LogP contribution in [0.15, 0.2) is 35.3 Å². The van der Waals surface area contributed by atoms with Crippen LogP contribution in [0.25, 0.3) is 0 Å². The zero-order valence-electron chi connectivity index (χ0n) is 27.3. The second-order valence-electron chi connectivity index (χ2n) is 11.8. The molecule has 6 atom stereocenters. The number of nitrogens with zero attached hydrogens (tertiary/aromatic N) is 2. The van der Waals surface area contributed by atoms with E-state index in [0.717, 1.165) is 29.5 Å². The maximum atomic E-state index is 13.8. The quantitative estimate of drug-likeness (QED) is 0.143. The van der Waals surface area contributed by atoms with Gasteiger partial charge in [0.1, 0.15) is 29.2 Å². The number of halogens is 2. The molecular formula is C31H42F2N3O11P. The zero-order valence-corrected chi connectivity index (χ0v) is 28.2. The van der Waals surface area contributed by atoms with Gasteiger partial charge in [0.15, 0.2) is 12.3 Å². The molecule has 3 heterocycles. The van der Waals surface area contributed by atoms with Crippen molar-refractivity contribution >= 4 is 25.7 Å². The summed E-state index contributed by atoms with van der Waals surface area (Å²) in [6.45, 7) is 6.35. The van der Waals surface area contributed by atoms with Crippen molar-refractivity contribution in [1.29, 1.82) is 0 Å². The number of carbonyl (C=O) groups is 2. The molecule has 1 aromatic heterocycles. The highest BCUT2D eigenvalue weighted by atomic mass is 31.2. The van der Waals surface area contributed by atoms with E-state index in [0.29, 0.717) is 25.3 Å². The lowest BCUT2D eigenvalue weighted by molar-refractivity contribution is -0.169. The van der Waals surface area contributed by atoms with Gasteiger partial charge >= 0.3 is 25.6 Å². The van der Waals surface area contributed by atoms with E-state index in [-0.39, 0.29) is 31.0 Å². The van der Waals surface area contributed by atoms with Gasteiger partial charge in [-0.25, -0.2) is 22.9 Å². The van der Waals surface area contributed by atoms with Crippen molar-refractivity contribution in [2.24, 2.45) is 5.92 Å². The van der Waals surface area contributed by atoms with Crippen LogP contribution in [0, 0.1) is 17.6 Å². The number of carbonyl (C=O) groups excluding carboxylic acids is 2. The molecule has 1 unspecified atom stereocenters. The molecule has 0 saturated carbocycles. The lowest BCUT2D eigenvalue weighted by Crippen LogP contribution is -2.49. The lowest BCUT2D eigenvalue weighted by atomic mass is 9.95. The number of hydrogen-bond acceptors (Lipinski definition) is 12. The fourth-order valence-corrected chi connectivity index (χ4v) is 6.85. The number of anilines is 1. The Morgan fingerprint density at radius 2 is 1.90 bits per heavy atom. The Kier molecular flexibility index (Phi) is 12.8. The summed E-state index contributed by atoms with van der Waals surface area (Å²) in [4.78, 5) is 42.1. The van der Waals surface area contributed by atoms with Gasteiger partial charge < -0.3 is 19.3 Å². The molecular weight excluding hydrogens is 659 g/mol. The lowest BCUT2D eigenvalue weighted by Gasteiger charge is -2.32. The summed E-state index contributed by atoms with van der Waals surface area (Å²) in [6.07, 6.45) is -1.29. The van der Waals surface area contributed by atoms with Crippen LogP contribution in [0.1, 0.15) is 84.1 Å². The second kappa shape index (κ2) is 16.4. The van der Waals surface area contributed by atoms with Gasteiger partial charge in [-0.15, -0.1) is 0 Å². The van der Waals surface area contributed by atoms with Crippen LogP contribution < -0.4 is 11.0 Å². The molecule has 2 aliphatic rings. The molecule has 0 bridgehead atoms. The average molecular weight is 702 g/mol. The van der Waals surface area contributed by atoms with Crippen molar-refractivity contribution in [3.8, 4) is 0 Å². The molecule has 48 heavy (non-hydrogen) atoms. The summed E-state index contributed by atoms with van der Waals surface area (Å²) in [6, 6.07) is 4.07. The molecule has 266 valence electrons. The third kappa shape index (κ3) is 9.24. The number of phosphoric acid groups is 1. The number of benzene rings is 1. The highest BCUT2D eigenvalue weighted by Crippen LogP contribution is 2.57. The van der Waals surface area contributed by atoms with Crippen LogP contribution in [0.5, 0.6) is 0 Å². The second-order valence-corrected chi connectivity index (χ2v) is 13.4. The molecule has 0 radical (unpaired) electrons. The van der Waals surface area contributed by atoms with Crippen molar-refractivity contribution in [2.45, 2.75) is 96.4 Å². The minimum Gasteiger partial charge on any atom is -0.456 e. The van der Waals surface area contributed by atoms with Crippen molar-refractivity contribution in [3.63, 3.8) is 0 Å². The summed E-state index contributed by atoms with van der Waals surface area (Å²) in [7, 11) is -4.36. The average Bonchev–Trinajstić information content (AvgIpc) is 3.27. The van der Waals surface area contributed by atoms with E-state index in [1.807, 2.05) is 6.92 Å². The number of aliphatic hydroxyl groups is 1. The predicted molar refractivity (Wildman–Crippen MR) is 166 cm³/mol. The van der Waals surface area contributed by atoms with Crippen molar-refractivity contribution < 1.29 is 55.8 Å². The van der Waals surface area contributed by atoms with Crippen LogP contribution in [0.4, 0.5) is 19.4 Å². The van der Waals surface area contributed by atoms with Gasteiger partial charge in [0, 0.05) is 18.7 Å². The first kappa shape index (κ1) is 37.5. The van der Waals surface area contributed by atoms with Gasteiger partial charge in [-0.2, -0.15) is 4.98 Å². The third-order valence-corrected chi connectivity index (χ3v) is 9.59. The largest absolute Gasteiger partial charge is 0.475 e. The van der Waals surface area contributed by atoms with Gasteiger partial charge in [0.2, 0.25) is 0 Å². The Morgan fingerprint density at radius 1 is 1.19 bits per heavy atom. The van der Waals surface area contributed by atoms with Gasteiger partial charge in [-0.1, -0.05) is 33.6 Å². The fourth-order valence-electron chi connectivity index (χ4n) is 5.45. The standard InChI is InChI=1S/C31H42F2N3O11P/c1-5-8-9-13-42-30(39)35-25-10-12-36(29(38)34-25)28-31(4,40)26(46-27(37)19(6-2)7-3)24(45-28)18-44-48(41)43-14-11-23(47-48)20-15-21(32)17-22(33)16-20/h10,12,15-17,19,23-24,26,28,40H,5-9,11,13-14,18H2,1-4H3,(H,34,35,38,39)/t23-,24+,26+,28+,31+,48?/m0/s1. The Bertz CT molecular complexity index is 1520. The van der Waals surface area contributed by atoms with E-state index in [9.17, 15) is 32.8 Å². The van der Waals surface area contributed by atoms with Crippen LogP contribution in [0.3, 0.4) is 0 Å². The molecule has 0 aliphatic carbocycles. The number of esters is 1. The topological polar surface area (TPSA) is 174 Å². The Morgan fingerprint density at radius 3 is 2.54 bits per heavy atom. The third-order valence-electron chi connectivity index (χ3n) is 8.11. The molecule has 14 nitrogen and oxygen atoms in total. The fraction of sp³-hybridized carbons (Fsp3) is 0.613. The van der Waals surface area contributed by atoms with E-state index in [1.54, 1.807) is 13.8 Å². The molecule has 2 N–H and O–H groups in total. The number of phosphoric ester groups is 1. The Hall–Kier alpha value is -3.27. The van der Waals surface area contributed by atoms with E-state index in [1.165, 1.54) is 19.2 Å². The van der Waals surface area contributed by atoms with Gasteiger partial charge in [-0.05, 0) is 49.9 Å². The summed E-state index contributed by atoms with van der Waals surface area (Å²) < 4.78 is 75.3. The van der Waals surface area contributed by atoms with Crippen molar-refractivity contribution in [1.82, 2.24) is 9.55 Å². The number of unbranched alkanes of at least 4 members (excludes halogenated alkanes) is 2. The Balaban J connectivity index is 1.53. The summed E-state index contributed by atoms with van der Waals surface area (Å²) in [5, 5.41) is 14.1. The van der Waals surface area contributed by atoms with Crippen LogP contribution in [-0.4, -0.2) is 64.3 Å². The smallest absolute Gasteiger partial charge is 0.456 e. The maximum Gasteiger partial charge on any atom is 0.475 e. The molecule has 2 aromatic rings. The van der Waals surface area contributed by atoms with Crippen LogP contribution >= 0.6 is 7.82 Å². The van der Waals surface area contributed by atoms with Crippen LogP contribution in [-0.2, 0) is 37.1 Å². The molecule has 2 saturated heterocycles. The van der Waals surface area contributed by atoms with Gasteiger partial charge in [-0.3, -0.25) is 28.2 Å². The first-order chi connectivity index (χ1) is 22.8.